The predicted molar refractivity (Wildman–Crippen MR) is 109 cm³/mol. The van der Waals surface area contributed by atoms with E-state index < -0.39 is 0 Å². The van der Waals surface area contributed by atoms with Crippen molar-refractivity contribution in [3.05, 3.63) is 78.9 Å². The number of anilines is 1. The van der Waals surface area contributed by atoms with Gasteiger partial charge in [0, 0.05) is 28.5 Å². The highest BCUT2D eigenvalue weighted by atomic mass is 16.2. The molecule has 2 heterocycles. The summed E-state index contributed by atoms with van der Waals surface area (Å²) in [7, 11) is 0. The van der Waals surface area contributed by atoms with Gasteiger partial charge in [0.15, 0.2) is 0 Å². The molecule has 136 valence electrons. The number of carbonyl (C=O) groups excluding carboxylic acids is 1. The molecule has 0 bridgehead atoms. The van der Waals surface area contributed by atoms with Crippen LogP contribution in [0.4, 0.5) is 10.5 Å². The van der Waals surface area contributed by atoms with Gasteiger partial charge in [-0.3, -0.25) is 0 Å². The lowest BCUT2D eigenvalue weighted by atomic mass is 10.1. The number of carbonyl (C=O) groups is 1. The number of rotatable bonds is 5. The molecule has 27 heavy (non-hydrogen) atoms. The molecule has 3 N–H and O–H groups in total. The van der Waals surface area contributed by atoms with E-state index in [1.54, 1.807) is 24.6 Å². The van der Waals surface area contributed by atoms with Gasteiger partial charge < -0.3 is 15.6 Å². The van der Waals surface area contributed by atoms with Crippen LogP contribution in [-0.4, -0.2) is 21.0 Å². The number of hydrogen-bond donors (Lipinski definition) is 3. The Morgan fingerprint density at radius 2 is 1.96 bits per heavy atom. The zero-order chi connectivity index (χ0) is 19.2. The highest BCUT2D eigenvalue weighted by Gasteiger charge is 2.10. The summed E-state index contributed by atoms with van der Waals surface area (Å²) in [6.07, 6.45) is 10.5. The molecule has 0 atom stereocenters. The summed E-state index contributed by atoms with van der Waals surface area (Å²) in [5.41, 5.74) is 5.15. The Kier molecular flexibility index (Phi) is 5.47. The molecule has 0 aliphatic carbocycles. The van der Waals surface area contributed by atoms with Crippen LogP contribution in [0.25, 0.3) is 22.3 Å². The third-order valence-electron chi connectivity index (χ3n) is 3.99. The van der Waals surface area contributed by atoms with Crippen molar-refractivity contribution >= 4 is 22.8 Å². The monoisotopic (exact) mass is 359 g/mol. The van der Waals surface area contributed by atoms with Crippen molar-refractivity contribution in [1.29, 1.82) is 0 Å². The van der Waals surface area contributed by atoms with Gasteiger partial charge in [-0.25, -0.2) is 14.8 Å². The molecule has 0 fully saturated rings. The topological polar surface area (TPSA) is 82.7 Å². The Labute approximate surface area is 157 Å². The number of H-pyrrole nitrogens is 1. The number of fused-ring (bicyclic) bond motifs is 1. The average molecular weight is 359 g/mol. The maximum Gasteiger partial charge on any atom is 0.323 e. The van der Waals surface area contributed by atoms with E-state index in [1.807, 2.05) is 50.4 Å². The van der Waals surface area contributed by atoms with Crippen LogP contribution in [-0.2, 0) is 0 Å². The number of urea groups is 1. The fraction of sp³-hybridized carbons (Fsp3) is 0.0952. The normalized spacial score (nSPS) is 11.7. The van der Waals surface area contributed by atoms with Crippen LogP contribution in [0.3, 0.4) is 0 Å². The zero-order valence-electron chi connectivity index (χ0n) is 15.3. The second kappa shape index (κ2) is 8.14. The third kappa shape index (κ3) is 4.30. The van der Waals surface area contributed by atoms with Gasteiger partial charge in [0.2, 0.25) is 0 Å². The Bertz CT molecular complexity index is 1030. The fourth-order valence-corrected chi connectivity index (χ4v) is 2.71. The highest BCUT2D eigenvalue weighted by Crippen LogP contribution is 2.28. The fourth-order valence-electron chi connectivity index (χ4n) is 2.71. The first kappa shape index (κ1) is 18.1. The predicted octanol–water partition coefficient (Wildman–Crippen LogP) is 4.70. The standard InChI is InChI=1S/C21H21N5O/c1-4-5-6-7-15(3)25-21(27)26-17-10-8-16(9-11-17)19-18-14(2)12-22-20(18)24-13-23-19/h4-13H,1H2,2-3H3,(H,22,23,24)(H2,25,26,27)/b6-5-,15-7+. The average Bonchev–Trinajstić information content (AvgIpc) is 3.04. The first-order valence-electron chi connectivity index (χ1n) is 8.51. The summed E-state index contributed by atoms with van der Waals surface area (Å²) < 4.78 is 0. The Balaban J connectivity index is 1.73. The van der Waals surface area contributed by atoms with Gasteiger partial charge in [-0.1, -0.05) is 36.9 Å². The summed E-state index contributed by atoms with van der Waals surface area (Å²) in [5, 5.41) is 6.58. The van der Waals surface area contributed by atoms with E-state index in [1.165, 1.54) is 0 Å². The van der Waals surface area contributed by atoms with Crippen molar-refractivity contribution in [1.82, 2.24) is 20.3 Å². The molecule has 0 saturated carbocycles. The molecule has 0 radical (unpaired) electrons. The van der Waals surface area contributed by atoms with Crippen molar-refractivity contribution in [2.45, 2.75) is 13.8 Å². The van der Waals surface area contributed by atoms with Gasteiger partial charge in [0.25, 0.3) is 0 Å². The molecule has 2 amide bonds. The molecule has 1 aromatic carbocycles. The van der Waals surface area contributed by atoms with E-state index in [0.29, 0.717) is 5.69 Å². The second-order valence-corrected chi connectivity index (χ2v) is 6.04. The summed E-state index contributed by atoms with van der Waals surface area (Å²) in [5.74, 6) is 0. The molecule has 3 rings (SSSR count). The van der Waals surface area contributed by atoms with Crippen LogP contribution in [0.5, 0.6) is 0 Å². The van der Waals surface area contributed by atoms with E-state index in [0.717, 1.165) is 33.6 Å². The molecular formula is C21H21N5O. The maximum atomic E-state index is 12.1. The summed E-state index contributed by atoms with van der Waals surface area (Å²) in [6, 6.07) is 7.26. The molecule has 0 aliphatic rings. The number of aryl methyl sites for hydroxylation is 1. The number of benzene rings is 1. The number of allylic oxidation sites excluding steroid dienone is 5. The molecule has 6 nitrogen and oxygen atoms in total. The van der Waals surface area contributed by atoms with Crippen LogP contribution >= 0.6 is 0 Å². The Morgan fingerprint density at radius 3 is 2.70 bits per heavy atom. The lowest BCUT2D eigenvalue weighted by Crippen LogP contribution is -2.26. The molecule has 0 aliphatic heterocycles. The van der Waals surface area contributed by atoms with Crippen LogP contribution in [0.15, 0.2) is 73.4 Å². The zero-order valence-corrected chi connectivity index (χ0v) is 15.3. The minimum absolute atomic E-state index is 0.297. The van der Waals surface area contributed by atoms with E-state index >= 15 is 0 Å². The summed E-state index contributed by atoms with van der Waals surface area (Å²) >= 11 is 0. The summed E-state index contributed by atoms with van der Waals surface area (Å²) in [4.78, 5) is 23.9. The number of aromatic amines is 1. The highest BCUT2D eigenvalue weighted by molar-refractivity contribution is 5.94. The van der Waals surface area contributed by atoms with E-state index in [9.17, 15) is 4.79 Å². The second-order valence-electron chi connectivity index (χ2n) is 6.04. The van der Waals surface area contributed by atoms with Crippen LogP contribution in [0, 0.1) is 6.92 Å². The third-order valence-corrected chi connectivity index (χ3v) is 3.99. The van der Waals surface area contributed by atoms with Gasteiger partial charge in [0.05, 0.1) is 5.69 Å². The molecular weight excluding hydrogens is 338 g/mol. The first-order valence-corrected chi connectivity index (χ1v) is 8.51. The van der Waals surface area contributed by atoms with E-state index in [4.69, 9.17) is 0 Å². The molecule has 0 unspecified atom stereocenters. The Hall–Kier alpha value is -3.67. The van der Waals surface area contributed by atoms with Crippen molar-refractivity contribution < 1.29 is 4.79 Å². The van der Waals surface area contributed by atoms with Gasteiger partial charge in [-0.05, 0) is 37.6 Å². The molecule has 3 aromatic rings. The van der Waals surface area contributed by atoms with Gasteiger partial charge in [0.1, 0.15) is 12.0 Å². The molecule has 2 aromatic heterocycles. The van der Waals surface area contributed by atoms with Crippen molar-refractivity contribution in [2.75, 3.05) is 5.32 Å². The number of nitrogens with zero attached hydrogens (tertiary/aromatic N) is 2. The minimum Gasteiger partial charge on any atom is -0.346 e. The van der Waals surface area contributed by atoms with Crippen LogP contribution < -0.4 is 10.6 Å². The molecule has 0 saturated heterocycles. The van der Waals surface area contributed by atoms with E-state index in [2.05, 4.69) is 32.2 Å². The van der Waals surface area contributed by atoms with Gasteiger partial charge in [-0.15, -0.1) is 0 Å². The van der Waals surface area contributed by atoms with Crippen molar-refractivity contribution in [2.24, 2.45) is 0 Å². The largest absolute Gasteiger partial charge is 0.346 e. The Morgan fingerprint density at radius 1 is 1.19 bits per heavy atom. The number of aromatic nitrogens is 3. The number of hydrogen-bond acceptors (Lipinski definition) is 3. The van der Waals surface area contributed by atoms with Crippen LogP contribution in [0.2, 0.25) is 0 Å². The van der Waals surface area contributed by atoms with Gasteiger partial charge >= 0.3 is 6.03 Å². The SMILES string of the molecule is C=C/C=C\C=C(/C)NC(=O)Nc1ccc(-c2ncnc3[nH]cc(C)c23)cc1. The smallest absolute Gasteiger partial charge is 0.323 e. The van der Waals surface area contributed by atoms with Crippen molar-refractivity contribution in [3.8, 4) is 11.3 Å². The van der Waals surface area contributed by atoms with Gasteiger partial charge in [-0.2, -0.15) is 0 Å². The minimum atomic E-state index is -0.297. The van der Waals surface area contributed by atoms with E-state index in [-0.39, 0.29) is 6.03 Å². The number of nitrogens with one attached hydrogen (secondary N) is 3. The van der Waals surface area contributed by atoms with Crippen LogP contribution in [0.1, 0.15) is 12.5 Å². The molecule has 0 spiro atoms. The lowest BCUT2D eigenvalue weighted by molar-refractivity contribution is 0.254. The lowest BCUT2D eigenvalue weighted by Gasteiger charge is -2.09. The number of amides is 2. The summed E-state index contributed by atoms with van der Waals surface area (Å²) in [6.45, 7) is 7.43. The maximum absolute atomic E-state index is 12.1. The first-order chi connectivity index (χ1) is 13.1. The van der Waals surface area contributed by atoms with Crippen molar-refractivity contribution in [3.63, 3.8) is 0 Å². The molecule has 6 heteroatoms. The quantitative estimate of drug-likeness (QED) is 0.577.